The Morgan fingerprint density at radius 2 is 2.11 bits per heavy atom. The summed E-state index contributed by atoms with van der Waals surface area (Å²) in [5.41, 5.74) is 3.56. The van der Waals surface area contributed by atoms with E-state index in [1.54, 1.807) is 0 Å². The maximum Gasteiger partial charge on any atom is 0.119 e. The minimum atomic E-state index is 0.0138. The van der Waals surface area contributed by atoms with Gasteiger partial charge in [-0.25, -0.2) is 0 Å². The molecule has 0 amide bonds. The Morgan fingerprint density at radius 1 is 1.44 bits per heavy atom. The second-order valence-corrected chi connectivity index (χ2v) is 6.75. The van der Waals surface area contributed by atoms with Crippen molar-refractivity contribution in [3.8, 4) is 5.75 Å². The standard InChI is InChI=1S/C15H18Br2O/c1-9-6-14(18)12(7-13(9)17)15(3)5-4-11(8-16)10(15)2/h6-8,10,18H,4-5H2,1-3H3/t10-,15+/m0/s1. The Labute approximate surface area is 126 Å². The van der Waals surface area contributed by atoms with E-state index in [0.29, 0.717) is 11.7 Å². The molecule has 1 aliphatic rings. The summed E-state index contributed by atoms with van der Waals surface area (Å²) in [6.07, 6.45) is 2.17. The van der Waals surface area contributed by atoms with Gasteiger partial charge >= 0.3 is 0 Å². The number of rotatable bonds is 1. The summed E-state index contributed by atoms with van der Waals surface area (Å²) >= 11 is 7.02. The maximum atomic E-state index is 10.3. The van der Waals surface area contributed by atoms with Crippen molar-refractivity contribution in [1.82, 2.24) is 0 Å². The number of aromatic hydroxyl groups is 1. The average molecular weight is 374 g/mol. The lowest BCUT2D eigenvalue weighted by atomic mass is 9.73. The summed E-state index contributed by atoms with van der Waals surface area (Å²) in [7, 11) is 0. The Bertz CT molecular complexity index is 507. The van der Waals surface area contributed by atoms with Crippen LogP contribution in [0.25, 0.3) is 0 Å². The fraction of sp³-hybridized carbons (Fsp3) is 0.467. The van der Waals surface area contributed by atoms with Crippen molar-refractivity contribution in [1.29, 1.82) is 0 Å². The number of allylic oxidation sites excluding steroid dienone is 1. The van der Waals surface area contributed by atoms with Gasteiger partial charge in [-0.15, -0.1) is 0 Å². The third kappa shape index (κ3) is 2.16. The number of aryl methyl sites for hydroxylation is 1. The van der Waals surface area contributed by atoms with Gasteiger partial charge in [0.25, 0.3) is 0 Å². The Kier molecular flexibility index (Phi) is 3.93. The van der Waals surface area contributed by atoms with Gasteiger partial charge in [-0.1, -0.05) is 51.3 Å². The smallest absolute Gasteiger partial charge is 0.119 e. The van der Waals surface area contributed by atoms with Crippen molar-refractivity contribution in [2.24, 2.45) is 5.92 Å². The first kappa shape index (κ1) is 14.1. The molecule has 18 heavy (non-hydrogen) atoms. The molecule has 0 spiro atoms. The van der Waals surface area contributed by atoms with Gasteiger partial charge in [0.1, 0.15) is 5.75 Å². The van der Waals surface area contributed by atoms with Crippen LogP contribution in [0.3, 0.4) is 0 Å². The SMILES string of the molecule is Cc1cc(O)c([C@]2(C)CCC(=CBr)[C@@H]2C)cc1Br. The highest BCUT2D eigenvalue weighted by Gasteiger charge is 2.41. The first-order valence-corrected chi connectivity index (χ1v) is 7.89. The lowest BCUT2D eigenvalue weighted by Crippen LogP contribution is -2.25. The molecule has 0 saturated heterocycles. The van der Waals surface area contributed by atoms with Crippen LogP contribution in [-0.4, -0.2) is 5.11 Å². The van der Waals surface area contributed by atoms with Crippen molar-refractivity contribution in [2.75, 3.05) is 0 Å². The molecule has 0 unspecified atom stereocenters. The van der Waals surface area contributed by atoms with E-state index in [4.69, 9.17) is 0 Å². The van der Waals surface area contributed by atoms with Gasteiger partial charge < -0.3 is 5.11 Å². The number of hydrogen-bond acceptors (Lipinski definition) is 1. The van der Waals surface area contributed by atoms with Crippen LogP contribution in [0.15, 0.2) is 27.2 Å². The van der Waals surface area contributed by atoms with Crippen molar-refractivity contribution < 1.29 is 5.11 Å². The fourth-order valence-electron chi connectivity index (χ4n) is 2.89. The van der Waals surface area contributed by atoms with E-state index in [2.05, 4.69) is 51.8 Å². The van der Waals surface area contributed by atoms with Gasteiger partial charge in [-0.2, -0.15) is 0 Å². The number of halogens is 2. The van der Waals surface area contributed by atoms with Gasteiger partial charge in [-0.3, -0.25) is 0 Å². The van der Waals surface area contributed by atoms with Crippen molar-refractivity contribution >= 4 is 31.9 Å². The second-order valence-electron chi connectivity index (χ2n) is 5.44. The quantitative estimate of drug-likeness (QED) is 0.695. The summed E-state index contributed by atoms with van der Waals surface area (Å²) in [4.78, 5) is 2.04. The lowest BCUT2D eigenvalue weighted by Gasteiger charge is -2.31. The molecule has 1 nitrogen and oxygen atoms in total. The molecule has 2 atom stereocenters. The molecule has 2 rings (SSSR count). The van der Waals surface area contributed by atoms with Crippen LogP contribution in [0, 0.1) is 12.8 Å². The minimum absolute atomic E-state index is 0.0138. The highest BCUT2D eigenvalue weighted by Crippen LogP contribution is 2.51. The summed E-state index contributed by atoms with van der Waals surface area (Å²) in [5.74, 6) is 0.859. The van der Waals surface area contributed by atoms with E-state index < -0.39 is 0 Å². The van der Waals surface area contributed by atoms with Crippen molar-refractivity contribution in [3.63, 3.8) is 0 Å². The highest BCUT2D eigenvalue weighted by atomic mass is 79.9. The predicted molar refractivity (Wildman–Crippen MR) is 83.3 cm³/mol. The van der Waals surface area contributed by atoms with E-state index in [9.17, 15) is 5.11 Å². The second kappa shape index (κ2) is 5.01. The van der Waals surface area contributed by atoms with Crippen LogP contribution in [0.1, 0.15) is 37.8 Å². The summed E-state index contributed by atoms with van der Waals surface area (Å²) < 4.78 is 1.07. The zero-order chi connectivity index (χ0) is 13.5. The van der Waals surface area contributed by atoms with Gasteiger partial charge in [-0.05, 0) is 48.4 Å². The van der Waals surface area contributed by atoms with E-state index in [0.717, 1.165) is 28.4 Å². The summed E-state index contributed by atoms with van der Waals surface area (Å²) in [6, 6.07) is 3.94. The molecular weight excluding hydrogens is 356 g/mol. The van der Waals surface area contributed by atoms with Crippen LogP contribution in [0.5, 0.6) is 5.75 Å². The van der Waals surface area contributed by atoms with Crippen LogP contribution in [-0.2, 0) is 5.41 Å². The topological polar surface area (TPSA) is 20.2 Å². The lowest BCUT2D eigenvalue weighted by molar-refractivity contribution is 0.369. The molecule has 3 heteroatoms. The average Bonchev–Trinajstić information content (AvgIpc) is 2.61. The minimum Gasteiger partial charge on any atom is -0.508 e. The molecule has 1 aromatic rings. The molecule has 0 bridgehead atoms. The van der Waals surface area contributed by atoms with Crippen LogP contribution in [0.4, 0.5) is 0 Å². The molecule has 0 aliphatic heterocycles. The Balaban J connectivity index is 2.52. The van der Waals surface area contributed by atoms with Crippen LogP contribution >= 0.6 is 31.9 Å². The van der Waals surface area contributed by atoms with Crippen molar-refractivity contribution in [3.05, 3.63) is 38.3 Å². The van der Waals surface area contributed by atoms with Gasteiger partial charge in [0.2, 0.25) is 0 Å². The first-order valence-electron chi connectivity index (χ1n) is 6.19. The van der Waals surface area contributed by atoms with Crippen molar-refractivity contribution in [2.45, 2.75) is 39.0 Å². The van der Waals surface area contributed by atoms with Gasteiger partial charge in [0.05, 0.1) is 0 Å². The molecule has 98 valence electrons. The molecule has 1 aromatic carbocycles. The third-order valence-corrected chi connectivity index (χ3v) is 5.92. The van der Waals surface area contributed by atoms with E-state index >= 15 is 0 Å². The van der Waals surface area contributed by atoms with Crippen LogP contribution < -0.4 is 0 Å². The Morgan fingerprint density at radius 3 is 2.67 bits per heavy atom. The molecule has 1 fully saturated rings. The van der Waals surface area contributed by atoms with Gasteiger partial charge in [0.15, 0.2) is 0 Å². The summed E-state index contributed by atoms with van der Waals surface area (Å²) in [5, 5.41) is 10.3. The molecule has 1 saturated carbocycles. The number of phenolic OH excluding ortho intramolecular Hbond substituents is 1. The highest BCUT2D eigenvalue weighted by molar-refractivity contribution is 9.11. The number of phenols is 1. The predicted octanol–water partition coefficient (Wildman–Crippen LogP) is 5.43. The molecule has 0 aromatic heterocycles. The van der Waals surface area contributed by atoms with Crippen LogP contribution in [0.2, 0.25) is 0 Å². The number of benzene rings is 1. The first-order chi connectivity index (χ1) is 8.40. The molecular formula is C15H18Br2O. The molecule has 1 N–H and O–H groups in total. The normalized spacial score (nSPS) is 30.1. The maximum absolute atomic E-state index is 10.3. The number of hydrogen-bond donors (Lipinski definition) is 1. The zero-order valence-corrected chi connectivity index (χ0v) is 14.1. The third-order valence-electron chi connectivity index (χ3n) is 4.48. The largest absolute Gasteiger partial charge is 0.508 e. The summed E-state index contributed by atoms with van der Waals surface area (Å²) in [6.45, 7) is 6.49. The molecule has 0 heterocycles. The zero-order valence-electron chi connectivity index (χ0n) is 10.9. The molecule has 1 aliphatic carbocycles. The Hall–Kier alpha value is -0.280. The monoisotopic (exact) mass is 372 g/mol. The van der Waals surface area contributed by atoms with E-state index in [1.807, 2.05) is 18.0 Å². The van der Waals surface area contributed by atoms with E-state index in [1.165, 1.54) is 5.57 Å². The fourth-order valence-corrected chi connectivity index (χ4v) is 3.86. The molecule has 0 radical (unpaired) electrons. The van der Waals surface area contributed by atoms with Gasteiger partial charge in [0, 0.05) is 15.5 Å². The van der Waals surface area contributed by atoms with E-state index in [-0.39, 0.29) is 5.41 Å².